The van der Waals surface area contributed by atoms with Gasteiger partial charge in [-0.1, -0.05) is 18.2 Å². The highest BCUT2D eigenvalue weighted by molar-refractivity contribution is 5.98. The molecule has 0 saturated carbocycles. The molecule has 1 aromatic rings. The summed E-state index contributed by atoms with van der Waals surface area (Å²) in [5.74, 6) is -0.544. The topological polar surface area (TPSA) is 66.8 Å². The Morgan fingerprint density at radius 2 is 2.21 bits per heavy atom. The number of esters is 1. The number of fused-ring (bicyclic) bond motifs is 1. The first-order chi connectivity index (χ1) is 9.11. The van der Waals surface area contributed by atoms with Crippen molar-refractivity contribution in [1.29, 1.82) is 0 Å². The van der Waals surface area contributed by atoms with Gasteiger partial charge in [0.1, 0.15) is 0 Å². The maximum atomic E-state index is 12.0. The third kappa shape index (κ3) is 3.12. The standard InChI is InChI=1S/C14H17NO4/c1-2-19-13(17)7-11(16)9-15-8-10-5-3-4-6-12(10)14(15)18/h3-6,11,16H,2,7-9H2,1H3. The number of carbonyl (C=O) groups excluding carboxylic acids is 2. The van der Waals surface area contributed by atoms with Crippen LogP contribution in [0.15, 0.2) is 24.3 Å². The van der Waals surface area contributed by atoms with E-state index in [1.54, 1.807) is 17.9 Å². The predicted octanol–water partition coefficient (Wildman–Crippen LogP) is 0.956. The minimum atomic E-state index is -0.891. The molecule has 0 radical (unpaired) electrons. The van der Waals surface area contributed by atoms with Gasteiger partial charge in [-0.05, 0) is 18.6 Å². The number of aliphatic hydroxyl groups excluding tert-OH is 1. The van der Waals surface area contributed by atoms with Crippen LogP contribution in [-0.2, 0) is 16.1 Å². The van der Waals surface area contributed by atoms with Gasteiger partial charge in [0.2, 0.25) is 0 Å². The van der Waals surface area contributed by atoms with Crippen molar-refractivity contribution < 1.29 is 19.4 Å². The second-order valence-corrected chi connectivity index (χ2v) is 4.51. The van der Waals surface area contributed by atoms with Crippen molar-refractivity contribution in [1.82, 2.24) is 4.90 Å². The molecule has 0 spiro atoms. The van der Waals surface area contributed by atoms with Crippen LogP contribution in [0.3, 0.4) is 0 Å². The molecule has 1 heterocycles. The van der Waals surface area contributed by atoms with E-state index in [0.29, 0.717) is 18.7 Å². The SMILES string of the molecule is CCOC(=O)CC(O)CN1Cc2ccccc2C1=O. The van der Waals surface area contributed by atoms with Crippen molar-refractivity contribution in [2.75, 3.05) is 13.2 Å². The van der Waals surface area contributed by atoms with Crippen LogP contribution in [-0.4, -0.2) is 41.1 Å². The fourth-order valence-electron chi connectivity index (χ4n) is 2.19. The first kappa shape index (κ1) is 13.5. The average molecular weight is 263 g/mol. The van der Waals surface area contributed by atoms with Gasteiger partial charge in [-0.2, -0.15) is 0 Å². The summed E-state index contributed by atoms with van der Waals surface area (Å²) in [6.07, 6.45) is -0.981. The highest BCUT2D eigenvalue weighted by Crippen LogP contribution is 2.22. The zero-order valence-corrected chi connectivity index (χ0v) is 10.8. The van der Waals surface area contributed by atoms with Gasteiger partial charge in [-0.25, -0.2) is 0 Å². The molecular weight excluding hydrogens is 246 g/mol. The van der Waals surface area contributed by atoms with Gasteiger partial charge in [0.05, 0.1) is 19.1 Å². The summed E-state index contributed by atoms with van der Waals surface area (Å²) in [7, 11) is 0. The Morgan fingerprint density at radius 1 is 1.47 bits per heavy atom. The Morgan fingerprint density at radius 3 is 2.89 bits per heavy atom. The number of amides is 1. The van der Waals surface area contributed by atoms with Crippen molar-refractivity contribution in [3.63, 3.8) is 0 Å². The van der Waals surface area contributed by atoms with E-state index >= 15 is 0 Å². The van der Waals surface area contributed by atoms with E-state index in [0.717, 1.165) is 5.56 Å². The fraction of sp³-hybridized carbons (Fsp3) is 0.429. The van der Waals surface area contributed by atoms with Crippen molar-refractivity contribution in [2.24, 2.45) is 0 Å². The van der Waals surface area contributed by atoms with Gasteiger partial charge in [-0.3, -0.25) is 9.59 Å². The van der Waals surface area contributed by atoms with Crippen molar-refractivity contribution >= 4 is 11.9 Å². The number of hydrogen-bond donors (Lipinski definition) is 1. The summed E-state index contributed by atoms with van der Waals surface area (Å²) in [6.45, 7) is 2.63. The Hall–Kier alpha value is -1.88. The van der Waals surface area contributed by atoms with E-state index in [4.69, 9.17) is 4.74 Å². The first-order valence-corrected chi connectivity index (χ1v) is 6.32. The molecule has 102 valence electrons. The molecule has 5 heteroatoms. The maximum Gasteiger partial charge on any atom is 0.308 e. The lowest BCUT2D eigenvalue weighted by Gasteiger charge is -2.19. The summed E-state index contributed by atoms with van der Waals surface area (Å²) < 4.78 is 4.76. The van der Waals surface area contributed by atoms with E-state index in [9.17, 15) is 14.7 Å². The van der Waals surface area contributed by atoms with E-state index in [1.165, 1.54) is 0 Å². The molecule has 0 bridgehead atoms. The molecule has 2 rings (SSSR count). The fourth-order valence-corrected chi connectivity index (χ4v) is 2.19. The molecular formula is C14H17NO4. The molecule has 1 aliphatic heterocycles. The molecule has 1 aromatic carbocycles. The molecule has 5 nitrogen and oxygen atoms in total. The number of hydrogen-bond acceptors (Lipinski definition) is 4. The van der Waals surface area contributed by atoms with Gasteiger partial charge in [0.25, 0.3) is 5.91 Å². The maximum absolute atomic E-state index is 12.0. The van der Waals surface area contributed by atoms with Crippen LogP contribution in [0, 0.1) is 0 Å². The van der Waals surface area contributed by atoms with Crippen LogP contribution in [0.1, 0.15) is 29.3 Å². The lowest BCUT2D eigenvalue weighted by atomic mass is 10.1. The minimum absolute atomic E-state index is 0.0893. The first-order valence-electron chi connectivity index (χ1n) is 6.32. The molecule has 0 aromatic heterocycles. The molecule has 0 saturated heterocycles. The van der Waals surface area contributed by atoms with Gasteiger partial charge in [0, 0.05) is 18.7 Å². The number of benzene rings is 1. The van der Waals surface area contributed by atoms with Crippen LogP contribution in [0.25, 0.3) is 0 Å². The van der Waals surface area contributed by atoms with Crippen LogP contribution in [0.5, 0.6) is 0 Å². The zero-order chi connectivity index (χ0) is 13.8. The monoisotopic (exact) mass is 263 g/mol. The summed E-state index contributed by atoms with van der Waals surface area (Å²) in [4.78, 5) is 24.8. The van der Waals surface area contributed by atoms with E-state index < -0.39 is 12.1 Å². The minimum Gasteiger partial charge on any atom is -0.466 e. The Labute approximate surface area is 111 Å². The van der Waals surface area contributed by atoms with Crippen molar-refractivity contribution in [2.45, 2.75) is 26.0 Å². The van der Waals surface area contributed by atoms with E-state index in [-0.39, 0.29) is 18.9 Å². The van der Waals surface area contributed by atoms with Crippen LogP contribution < -0.4 is 0 Å². The highest BCUT2D eigenvalue weighted by Gasteiger charge is 2.28. The molecule has 19 heavy (non-hydrogen) atoms. The summed E-state index contributed by atoms with van der Waals surface area (Å²) in [6, 6.07) is 7.36. The quantitative estimate of drug-likeness (QED) is 0.803. The average Bonchev–Trinajstić information content (AvgIpc) is 2.67. The van der Waals surface area contributed by atoms with Crippen molar-refractivity contribution in [3.8, 4) is 0 Å². The Balaban J connectivity index is 1.92. The van der Waals surface area contributed by atoms with Crippen LogP contribution in [0.4, 0.5) is 0 Å². The van der Waals surface area contributed by atoms with Crippen molar-refractivity contribution in [3.05, 3.63) is 35.4 Å². The smallest absolute Gasteiger partial charge is 0.308 e. The Bertz CT molecular complexity index is 486. The molecule has 0 fully saturated rings. The highest BCUT2D eigenvalue weighted by atomic mass is 16.5. The number of carbonyl (C=O) groups is 2. The second kappa shape index (κ2) is 5.84. The summed E-state index contributed by atoms with van der Waals surface area (Å²) >= 11 is 0. The number of aliphatic hydroxyl groups is 1. The van der Waals surface area contributed by atoms with Gasteiger partial charge < -0.3 is 14.7 Å². The molecule has 1 aliphatic rings. The predicted molar refractivity (Wildman–Crippen MR) is 68.4 cm³/mol. The van der Waals surface area contributed by atoms with Gasteiger partial charge in [-0.15, -0.1) is 0 Å². The van der Waals surface area contributed by atoms with Crippen LogP contribution >= 0.6 is 0 Å². The van der Waals surface area contributed by atoms with Gasteiger partial charge in [0.15, 0.2) is 0 Å². The summed E-state index contributed by atoms with van der Waals surface area (Å²) in [5.41, 5.74) is 1.63. The number of ether oxygens (including phenoxy) is 1. The molecule has 1 amide bonds. The summed E-state index contributed by atoms with van der Waals surface area (Å²) in [5, 5.41) is 9.81. The Kier molecular flexibility index (Phi) is 4.16. The number of rotatable bonds is 5. The lowest BCUT2D eigenvalue weighted by molar-refractivity contribution is -0.145. The second-order valence-electron chi connectivity index (χ2n) is 4.51. The zero-order valence-electron chi connectivity index (χ0n) is 10.8. The third-order valence-electron chi connectivity index (χ3n) is 3.03. The molecule has 1 unspecified atom stereocenters. The van der Waals surface area contributed by atoms with Gasteiger partial charge >= 0.3 is 5.97 Å². The number of β-amino-alcohol motifs (C(OH)–C–C–N with tert-alkyl or cyclic N) is 1. The van der Waals surface area contributed by atoms with E-state index in [2.05, 4.69) is 0 Å². The largest absolute Gasteiger partial charge is 0.466 e. The van der Waals surface area contributed by atoms with Crippen LogP contribution in [0.2, 0.25) is 0 Å². The lowest BCUT2D eigenvalue weighted by Crippen LogP contribution is -2.34. The van der Waals surface area contributed by atoms with E-state index in [1.807, 2.05) is 18.2 Å². The number of nitrogens with zero attached hydrogens (tertiary/aromatic N) is 1. The third-order valence-corrected chi connectivity index (χ3v) is 3.03. The normalized spacial score (nSPS) is 15.3. The molecule has 0 aliphatic carbocycles. The molecule has 1 N–H and O–H groups in total. The molecule has 1 atom stereocenters.